The molecule has 3 rings (SSSR count). The van der Waals surface area contributed by atoms with Crippen molar-refractivity contribution in [3.8, 4) is 0 Å². The lowest BCUT2D eigenvalue weighted by Gasteiger charge is -2.34. The molecule has 37 heavy (non-hydrogen) atoms. The Hall–Kier alpha value is -0.240. The molecule has 2 N–H and O–H groups in total. The van der Waals surface area contributed by atoms with Crippen LogP contribution in [0.3, 0.4) is 0 Å². The Morgan fingerprint density at radius 2 is 1.49 bits per heavy atom. The van der Waals surface area contributed by atoms with Gasteiger partial charge in [0.25, 0.3) is 0 Å². The van der Waals surface area contributed by atoms with Gasteiger partial charge in [0.1, 0.15) is 0 Å². The largest absolute Gasteiger partial charge is 0.382 e. The van der Waals surface area contributed by atoms with Gasteiger partial charge in [0.15, 0.2) is 0 Å². The number of hydrogen-bond donors (Lipinski definition) is 2. The Bertz CT molecular complexity index is 560. The number of nitrogens with zero attached hydrogens (tertiary/aromatic N) is 1. The summed E-state index contributed by atoms with van der Waals surface area (Å²) in [4.78, 5) is 2.66. The fraction of sp³-hybridized carbons (Fsp3) is 1.00. The van der Waals surface area contributed by atoms with Gasteiger partial charge in [-0.2, -0.15) is 0 Å². The van der Waals surface area contributed by atoms with Gasteiger partial charge in [-0.1, -0.05) is 0 Å². The fourth-order valence-electron chi connectivity index (χ4n) is 6.70. The first-order valence-corrected chi connectivity index (χ1v) is 16.1. The average Bonchev–Trinajstić information content (AvgIpc) is 3.40. The second-order valence-corrected chi connectivity index (χ2v) is 12.3. The maximum absolute atomic E-state index is 6.19. The number of piperidine rings is 2. The minimum Gasteiger partial charge on any atom is -0.382 e. The second kappa shape index (κ2) is 18.9. The van der Waals surface area contributed by atoms with Crippen molar-refractivity contribution in [1.29, 1.82) is 0 Å². The Kier molecular flexibility index (Phi) is 16.0. The van der Waals surface area contributed by atoms with Gasteiger partial charge in [0.05, 0.1) is 12.2 Å². The van der Waals surface area contributed by atoms with Crippen molar-refractivity contribution < 1.29 is 14.2 Å². The number of rotatable bonds is 19. The molecule has 3 saturated heterocycles. The Balaban J connectivity index is 1.16. The maximum atomic E-state index is 6.19. The van der Waals surface area contributed by atoms with Crippen molar-refractivity contribution in [3.05, 3.63) is 0 Å². The highest BCUT2D eigenvalue weighted by Crippen LogP contribution is 2.29. The predicted octanol–water partition coefficient (Wildman–Crippen LogP) is 5.25. The molecular formula is C31H61N3O3. The summed E-state index contributed by atoms with van der Waals surface area (Å²) < 4.78 is 17.8. The molecule has 3 aliphatic heterocycles. The van der Waals surface area contributed by atoms with Gasteiger partial charge in [0, 0.05) is 45.6 Å². The first-order chi connectivity index (χ1) is 18.1. The average molecular weight is 524 g/mol. The van der Waals surface area contributed by atoms with E-state index < -0.39 is 0 Å². The summed E-state index contributed by atoms with van der Waals surface area (Å²) in [5, 5.41) is 7.32. The highest BCUT2D eigenvalue weighted by molar-refractivity contribution is 4.89. The number of likely N-dealkylation sites (tertiary alicyclic amines) is 1. The topological polar surface area (TPSA) is 55.0 Å². The highest BCUT2D eigenvalue weighted by Gasteiger charge is 2.32. The molecule has 0 bridgehead atoms. The SMILES string of the molecule is CCOCCCN1CCC(C2CC(CCCOC(C)CCC(C)OCCCC3CCNCC3)CCN2)C1. The van der Waals surface area contributed by atoms with Crippen LogP contribution in [-0.4, -0.2) is 88.8 Å². The lowest BCUT2D eigenvalue weighted by Crippen LogP contribution is -2.44. The van der Waals surface area contributed by atoms with Crippen molar-refractivity contribution >= 4 is 0 Å². The van der Waals surface area contributed by atoms with E-state index in [0.29, 0.717) is 12.2 Å². The van der Waals surface area contributed by atoms with Gasteiger partial charge >= 0.3 is 0 Å². The monoisotopic (exact) mass is 523 g/mol. The molecule has 5 unspecified atom stereocenters. The summed E-state index contributed by atoms with van der Waals surface area (Å²) >= 11 is 0. The molecule has 0 spiro atoms. The molecule has 3 fully saturated rings. The maximum Gasteiger partial charge on any atom is 0.0547 e. The fourth-order valence-corrected chi connectivity index (χ4v) is 6.70. The zero-order valence-corrected chi connectivity index (χ0v) is 24.7. The van der Waals surface area contributed by atoms with Gasteiger partial charge in [-0.25, -0.2) is 0 Å². The number of ether oxygens (including phenoxy) is 3. The lowest BCUT2D eigenvalue weighted by atomic mass is 9.83. The summed E-state index contributed by atoms with van der Waals surface area (Å²) in [6, 6.07) is 0.719. The van der Waals surface area contributed by atoms with Crippen molar-refractivity contribution in [3.63, 3.8) is 0 Å². The minimum atomic E-state index is 0.341. The van der Waals surface area contributed by atoms with E-state index >= 15 is 0 Å². The summed E-state index contributed by atoms with van der Waals surface area (Å²) in [6.07, 6.45) is 15.9. The molecule has 0 aromatic carbocycles. The standard InChI is InChI=1S/C31H61N3O3/c1-4-35-21-7-19-34-20-15-30(25-34)31-24-29(14-18-33-31)9-6-23-37-27(3)11-10-26(2)36-22-5-8-28-12-16-32-17-13-28/h26-33H,4-25H2,1-3H3. The minimum absolute atomic E-state index is 0.341. The van der Waals surface area contributed by atoms with Gasteiger partial charge in [-0.3, -0.25) is 0 Å². The molecule has 5 atom stereocenters. The van der Waals surface area contributed by atoms with E-state index in [1.54, 1.807) is 0 Å². The molecule has 0 aliphatic carbocycles. The quantitative estimate of drug-likeness (QED) is 0.226. The van der Waals surface area contributed by atoms with Gasteiger partial charge in [0.2, 0.25) is 0 Å². The molecule has 0 aromatic heterocycles. The molecule has 3 heterocycles. The van der Waals surface area contributed by atoms with Crippen LogP contribution in [0.5, 0.6) is 0 Å². The summed E-state index contributed by atoms with van der Waals surface area (Å²) in [5.41, 5.74) is 0. The Morgan fingerprint density at radius 3 is 2.19 bits per heavy atom. The third kappa shape index (κ3) is 13.1. The summed E-state index contributed by atoms with van der Waals surface area (Å²) in [7, 11) is 0. The van der Waals surface area contributed by atoms with Crippen LogP contribution < -0.4 is 10.6 Å². The smallest absolute Gasteiger partial charge is 0.0547 e. The third-order valence-corrected chi connectivity index (χ3v) is 9.15. The van der Waals surface area contributed by atoms with Crippen molar-refractivity contribution in [2.24, 2.45) is 17.8 Å². The zero-order valence-electron chi connectivity index (χ0n) is 24.7. The molecule has 6 nitrogen and oxygen atoms in total. The molecule has 0 amide bonds. The lowest BCUT2D eigenvalue weighted by molar-refractivity contribution is 0.0209. The van der Waals surface area contributed by atoms with Crippen LogP contribution in [0.2, 0.25) is 0 Å². The molecule has 218 valence electrons. The van der Waals surface area contributed by atoms with Crippen LogP contribution in [0.1, 0.15) is 97.8 Å². The molecule has 0 aromatic rings. The van der Waals surface area contributed by atoms with E-state index in [1.165, 1.54) is 103 Å². The Labute approximate surface area is 229 Å². The van der Waals surface area contributed by atoms with Gasteiger partial charge in [-0.15, -0.1) is 0 Å². The van der Waals surface area contributed by atoms with Crippen LogP contribution in [-0.2, 0) is 14.2 Å². The number of hydrogen-bond acceptors (Lipinski definition) is 6. The van der Waals surface area contributed by atoms with E-state index in [0.717, 1.165) is 63.1 Å². The Morgan fingerprint density at radius 1 is 0.811 bits per heavy atom. The van der Waals surface area contributed by atoms with Crippen LogP contribution >= 0.6 is 0 Å². The van der Waals surface area contributed by atoms with Crippen LogP contribution in [0.25, 0.3) is 0 Å². The molecule has 3 aliphatic rings. The first kappa shape index (κ1) is 31.3. The van der Waals surface area contributed by atoms with Crippen molar-refractivity contribution in [1.82, 2.24) is 15.5 Å². The molecule has 6 heteroatoms. The van der Waals surface area contributed by atoms with E-state index in [4.69, 9.17) is 14.2 Å². The van der Waals surface area contributed by atoms with Crippen LogP contribution in [0.4, 0.5) is 0 Å². The molecular weight excluding hydrogens is 462 g/mol. The second-order valence-electron chi connectivity index (χ2n) is 12.3. The molecule has 0 saturated carbocycles. The molecule has 0 radical (unpaired) electrons. The zero-order chi connectivity index (χ0) is 26.1. The van der Waals surface area contributed by atoms with Crippen molar-refractivity contribution in [2.45, 2.75) is 116 Å². The van der Waals surface area contributed by atoms with Gasteiger partial charge < -0.3 is 29.7 Å². The first-order valence-electron chi connectivity index (χ1n) is 16.1. The summed E-state index contributed by atoms with van der Waals surface area (Å²) in [5.74, 6) is 2.62. The van der Waals surface area contributed by atoms with Crippen LogP contribution in [0, 0.1) is 17.8 Å². The van der Waals surface area contributed by atoms with E-state index in [9.17, 15) is 0 Å². The predicted molar refractivity (Wildman–Crippen MR) is 154 cm³/mol. The number of nitrogens with one attached hydrogen (secondary N) is 2. The van der Waals surface area contributed by atoms with E-state index in [2.05, 4.69) is 36.3 Å². The van der Waals surface area contributed by atoms with E-state index in [-0.39, 0.29) is 0 Å². The third-order valence-electron chi connectivity index (χ3n) is 9.15. The van der Waals surface area contributed by atoms with Gasteiger partial charge in [-0.05, 0) is 142 Å². The van der Waals surface area contributed by atoms with Crippen LogP contribution in [0.15, 0.2) is 0 Å². The highest BCUT2D eigenvalue weighted by atomic mass is 16.5. The van der Waals surface area contributed by atoms with E-state index in [1.807, 2.05) is 0 Å². The van der Waals surface area contributed by atoms with Crippen molar-refractivity contribution in [2.75, 3.05) is 65.7 Å². The normalized spacial score (nSPS) is 27.5. The summed E-state index contributed by atoms with van der Waals surface area (Å²) in [6.45, 7) is 17.5.